The summed E-state index contributed by atoms with van der Waals surface area (Å²) in [7, 11) is 0. The van der Waals surface area contributed by atoms with Gasteiger partial charge in [-0.2, -0.15) is 0 Å². The van der Waals surface area contributed by atoms with Crippen molar-refractivity contribution in [3.63, 3.8) is 0 Å². The summed E-state index contributed by atoms with van der Waals surface area (Å²) in [5, 5.41) is 17.2. The minimum Gasteiger partial charge on any atom is -0.479 e. The van der Waals surface area contributed by atoms with E-state index in [2.05, 4.69) is 10.6 Å². The van der Waals surface area contributed by atoms with Gasteiger partial charge in [-0.1, -0.05) is 111 Å². The quantitative estimate of drug-likeness (QED) is 0.297. The van der Waals surface area contributed by atoms with Crippen LogP contribution in [0.2, 0.25) is 0 Å². The fourth-order valence-electron chi connectivity index (χ4n) is 5.78. The molecule has 0 spiro atoms. The van der Waals surface area contributed by atoms with Crippen LogP contribution < -0.4 is 10.6 Å². The van der Waals surface area contributed by atoms with Gasteiger partial charge in [0, 0.05) is 18.6 Å². The van der Waals surface area contributed by atoms with Crippen LogP contribution in [0.3, 0.4) is 0 Å². The Labute approximate surface area is 226 Å². The lowest BCUT2D eigenvalue weighted by Crippen LogP contribution is -2.49. The molecule has 0 radical (unpaired) electrons. The van der Waals surface area contributed by atoms with Gasteiger partial charge in [0.2, 0.25) is 0 Å². The zero-order valence-corrected chi connectivity index (χ0v) is 22.2. The predicted molar refractivity (Wildman–Crippen MR) is 151 cm³/mol. The van der Waals surface area contributed by atoms with Crippen molar-refractivity contribution in [1.29, 1.82) is 0 Å². The van der Waals surface area contributed by atoms with E-state index in [1.807, 2.05) is 36.4 Å². The molecule has 0 atom stereocenters. The minimum absolute atomic E-state index is 0.288. The molecule has 202 valence electrons. The van der Waals surface area contributed by atoms with Crippen molar-refractivity contribution in [1.82, 2.24) is 10.6 Å². The van der Waals surface area contributed by atoms with Crippen molar-refractivity contribution in [3.05, 3.63) is 107 Å². The highest BCUT2D eigenvalue weighted by molar-refractivity contribution is 5.85. The van der Waals surface area contributed by atoms with Crippen molar-refractivity contribution in [2.75, 3.05) is 0 Å². The van der Waals surface area contributed by atoms with E-state index in [0.717, 1.165) is 17.6 Å². The highest BCUT2D eigenvalue weighted by Gasteiger charge is 2.41. The van der Waals surface area contributed by atoms with Crippen LogP contribution >= 0.6 is 0 Å². The Balaban J connectivity index is 0.000000216. The highest BCUT2D eigenvalue weighted by Crippen LogP contribution is 2.31. The van der Waals surface area contributed by atoms with Gasteiger partial charge >= 0.3 is 5.97 Å². The van der Waals surface area contributed by atoms with Gasteiger partial charge in [-0.3, -0.25) is 5.32 Å². The fraction of sp³-hybridized carbons (Fsp3) is 0.424. The second-order valence-electron chi connectivity index (χ2n) is 10.6. The van der Waals surface area contributed by atoms with E-state index in [4.69, 9.17) is 0 Å². The Kier molecular flexibility index (Phi) is 10.5. The summed E-state index contributed by atoms with van der Waals surface area (Å²) < 4.78 is 13.1. The first-order chi connectivity index (χ1) is 18.6. The summed E-state index contributed by atoms with van der Waals surface area (Å²) in [4.78, 5) is 12.4. The molecule has 38 heavy (non-hydrogen) atoms. The van der Waals surface area contributed by atoms with Gasteiger partial charge in [-0.25, -0.2) is 9.18 Å². The second-order valence-corrected chi connectivity index (χ2v) is 10.6. The Bertz CT molecular complexity index is 1040. The summed E-state index contributed by atoms with van der Waals surface area (Å²) in [6, 6.07) is 25.9. The lowest BCUT2D eigenvalue weighted by molar-refractivity contribution is -0.143. The first-order valence-electron chi connectivity index (χ1n) is 14.2. The molecule has 0 saturated heterocycles. The Morgan fingerprint density at radius 3 is 1.58 bits per heavy atom. The van der Waals surface area contributed by atoms with E-state index in [0.29, 0.717) is 11.1 Å². The molecule has 5 rings (SSSR count). The van der Waals surface area contributed by atoms with Gasteiger partial charge in [0.15, 0.2) is 5.54 Å². The van der Waals surface area contributed by atoms with Gasteiger partial charge < -0.3 is 10.4 Å². The van der Waals surface area contributed by atoms with Gasteiger partial charge in [-0.15, -0.1) is 0 Å². The maximum atomic E-state index is 13.1. The lowest BCUT2D eigenvalue weighted by Gasteiger charge is -2.32. The number of hydrogen-bond acceptors (Lipinski definition) is 3. The standard InChI is InChI=1S/C21H18FNO2.C12H23N/c22-19-13-11-16(12-14-19)15-23-21(20(24)25,17-7-3-1-4-8-17)18-9-5-2-6-10-18;1-3-7-11(8-4-1)13-12-9-5-2-6-10-12/h1-14,23H,15H2,(H,24,25);11-13H,1-10H2. The molecule has 2 saturated carbocycles. The molecule has 5 heteroatoms. The summed E-state index contributed by atoms with van der Waals surface area (Å²) in [5.41, 5.74) is 0.683. The summed E-state index contributed by atoms with van der Waals surface area (Å²) in [5.74, 6) is -1.31. The number of nitrogens with one attached hydrogen (secondary N) is 2. The topological polar surface area (TPSA) is 61.4 Å². The number of carboxylic acid groups (broad SMARTS) is 1. The molecule has 2 aliphatic carbocycles. The smallest absolute Gasteiger partial charge is 0.333 e. The fourth-order valence-corrected chi connectivity index (χ4v) is 5.78. The van der Waals surface area contributed by atoms with Gasteiger partial charge in [0.25, 0.3) is 0 Å². The van der Waals surface area contributed by atoms with E-state index in [-0.39, 0.29) is 12.4 Å². The van der Waals surface area contributed by atoms with Crippen molar-refractivity contribution in [2.45, 2.75) is 88.4 Å². The van der Waals surface area contributed by atoms with Crippen molar-refractivity contribution >= 4 is 5.97 Å². The first kappa shape index (κ1) is 28.0. The van der Waals surface area contributed by atoms with Gasteiger partial charge in [0.1, 0.15) is 5.82 Å². The zero-order valence-electron chi connectivity index (χ0n) is 22.2. The number of hydrogen-bond donors (Lipinski definition) is 3. The Morgan fingerprint density at radius 2 is 1.16 bits per heavy atom. The third kappa shape index (κ3) is 7.52. The molecule has 2 fully saturated rings. The molecule has 0 amide bonds. The molecule has 3 aromatic rings. The SMILES string of the molecule is C1CCC(NC2CCCCC2)CC1.O=C(O)C(NCc1ccc(F)cc1)(c1ccccc1)c1ccccc1. The van der Waals surface area contributed by atoms with E-state index in [1.54, 1.807) is 36.4 Å². The van der Waals surface area contributed by atoms with Crippen LogP contribution in [-0.2, 0) is 16.9 Å². The van der Waals surface area contributed by atoms with Gasteiger partial charge in [-0.05, 0) is 54.5 Å². The van der Waals surface area contributed by atoms with E-state index in [9.17, 15) is 14.3 Å². The van der Waals surface area contributed by atoms with Crippen LogP contribution in [-0.4, -0.2) is 23.2 Å². The molecular weight excluding hydrogens is 475 g/mol. The zero-order chi connectivity index (χ0) is 26.6. The molecule has 3 N–H and O–H groups in total. The van der Waals surface area contributed by atoms with E-state index in [1.165, 1.54) is 76.3 Å². The van der Waals surface area contributed by atoms with Crippen molar-refractivity contribution in [3.8, 4) is 0 Å². The molecule has 0 aliphatic heterocycles. The molecule has 2 aliphatic rings. The Morgan fingerprint density at radius 1 is 0.711 bits per heavy atom. The lowest BCUT2D eigenvalue weighted by atomic mass is 9.82. The summed E-state index contributed by atoms with van der Waals surface area (Å²) in [6.07, 6.45) is 14.6. The molecule has 4 nitrogen and oxygen atoms in total. The average molecular weight is 517 g/mol. The first-order valence-corrected chi connectivity index (χ1v) is 14.2. The highest BCUT2D eigenvalue weighted by atomic mass is 19.1. The average Bonchev–Trinajstić information content (AvgIpc) is 2.97. The van der Waals surface area contributed by atoms with Gasteiger partial charge in [0.05, 0.1) is 0 Å². The normalized spacial score (nSPS) is 16.9. The van der Waals surface area contributed by atoms with Crippen molar-refractivity contribution in [2.24, 2.45) is 0 Å². The number of carbonyl (C=O) groups is 1. The van der Waals surface area contributed by atoms with E-state index < -0.39 is 11.5 Å². The number of benzene rings is 3. The monoisotopic (exact) mass is 516 g/mol. The molecule has 0 unspecified atom stereocenters. The Hall–Kier alpha value is -3.02. The summed E-state index contributed by atoms with van der Waals surface area (Å²) >= 11 is 0. The van der Waals surface area contributed by atoms with Crippen molar-refractivity contribution < 1.29 is 14.3 Å². The second kappa shape index (κ2) is 14.2. The maximum absolute atomic E-state index is 13.1. The van der Waals surface area contributed by atoms with Crippen LogP contribution in [0.1, 0.15) is 80.9 Å². The van der Waals surface area contributed by atoms with Crippen LogP contribution in [0.4, 0.5) is 4.39 Å². The molecule has 3 aromatic carbocycles. The maximum Gasteiger partial charge on any atom is 0.333 e. The minimum atomic E-state index is -1.39. The molecule has 0 aromatic heterocycles. The van der Waals surface area contributed by atoms with Crippen LogP contribution in [0.5, 0.6) is 0 Å². The number of rotatable bonds is 8. The van der Waals surface area contributed by atoms with Crippen LogP contribution in [0, 0.1) is 5.82 Å². The molecule has 0 bridgehead atoms. The van der Waals surface area contributed by atoms with E-state index >= 15 is 0 Å². The molecular formula is C33H41FN2O2. The third-order valence-electron chi connectivity index (χ3n) is 7.89. The predicted octanol–water partition coefficient (Wildman–Crippen LogP) is 7.19. The number of halogens is 1. The van der Waals surface area contributed by atoms with Crippen LogP contribution in [0.15, 0.2) is 84.9 Å². The molecule has 0 heterocycles. The number of aliphatic carboxylic acids is 1. The third-order valence-corrected chi connectivity index (χ3v) is 7.89. The largest absolute Gasteiger partial charge is 0.479 e. The number of carboxylic acids is 1. The van der Waals surface area contributed by atoms with Crippen LogP contribution in [0.25, 0.3) is 0 Å². The summed E-state index contributed by atoms with van der Waals surface area (Å²) in [6.45, 7) is 0.288.